The Kier molecular flexibility index (Phi) is 9.34. The Bertz CT molecular complexity index is 828. The van der Waals surface area contributed by atoms with Crippen LogP contribution >= 0.6 is 7.82 Å². The fourth-order valence-corrected chi connectivity index (χ4v) is 3.81. The zero-order valence-corrected chi connectivity index (χ0v) is 18.6. The average Bonchev–Trinajstić information content (AvgIpc) is 2.68. The van der Waals surface area contributed by atoms with E-state index in [1.807, 2.05) is 18.2 Å². The van der Waals surface area contributed by atoms with Gasteiger partial charge >= 0.3 is 0 Å². The molecular weight excluding hydrogens is 405 g/mol. The van der Waals surface area contributed by atoms with Crippen molar-refractivity contribution in [3.05, 3.63) is 59.7 Å². The predicted molar refractivity (Wildman–Crippen MR) is 114 cm³/mol. The fourth-order valence-electron chi connectivity index (χ4n) is 3.08. The minimum Gasteiger partial charge on any atom is -0.756 e. The lowest BCUT2D eigenvalue weighted by Crippen LogP contribution is -2.43. The summed E-state index contributed by atoms with van der Waals surface area (Å²) < 4.78 is 22.5. The second-order valence-corrected chi connectivity index (χ2v) is 9.42. The normalized spacial score (nSPS) is 13.8. The SMILES string of the molecule is C[N+](C)(CCCc1ccccc1)CCOP(=O)([O-])OCCCc1ccc(O)c(O)c1. The van der Waals surface area contributed by atoms with Gasteiger partial charge in [0.2, 0.25) is 0 Å². The summed E-state index contributed by atoms with van der Waals surface area (Å²) in [7, 11) is -0.233. The van der Waals surface area contributed by atoms with Crippen LogP contribution in [0, 0.1) is 0 Å². The molecule has 166 valence electrons. The molecule has 8 heteroatoms. The molecular formula is C22H32NO6P. The molecule has 0 aliphatic rings. The summed E-state index contributed by atoms with van der Waals surface area (Å²) in [6, 6.07) is 14.8. The molecule has 0 radical (unpaired) electrons. The minimum absolute atomic E-state index is 0.00224. The van der Waals surface area contributed by atoms with Crippen LogP contribution in [0.5, 0.6) is 11.5 Å². The number of rotatable bonds is 13. The van der Waals surface area contributed by atoms with Gasteiger partial charge in [-0.15, -0.1) is 0 Å². The molecule has 0 saturated carbocycles. The quantitative estimate of drug-likeness (QED) is 0.216. The van der Waals surface area contributed by atoms with Crippen LogP contribution in [0.3, 0.4) is 0 Å². The molecule has 0 aromatic heterocycles. The van der Waals surface area contributed by atoms with Crippen molar-refractivity contribution in [2.24, 2.45) is 0 Å². The molecule has 0 bridgehead atoms. The molecule has 2 aromatic carbocycles. The molecule has 0 heterocycles. The van der Waals surface area contributed by atoms with Crippen molar-refractivity contribution in [3.63, 3.8) is 0 Å². The summed E-state index contributed by atoms with van der Waals surface area (Å²) in [6.45, 7) is 1.56. The predicted octanol–water partition coefficient (Wildman–Crippen LogP) is 3.24. The zero-order valence-electron chi connectivity index (χ0n) is 17.7. The van der Waals surface area contributed by atoms with Crippen molar-refractivity contribution in [1.82, 2.24) is 0 Å². The molecule has 0 saturated heterocycles. The number of phenols is 2. The van der Waals surface area contributed by atoms with Crippen LogP contribution in [-0.2, 0) is 26.5 Å². The zero-order chi connectivity index (χ0) is 22.0. The maximum Gasteiger partial charge on any atom is 0.268 e. The number of aromatic hydroxyl groups is 2. The van der Waals surface area contributed by atoms with E-state index in [2.05, 4.69) is 26.2 Å². The monoisotopic (exact) mass is 437 g/mol. The maximum atomic E-state index is 11.9. The van der Waals surface area contributed by atoms with Crippen LogP contribution in [0.1, 0.15) is 24.0 Å². The first-order chi connectivity index (χ1) is 14.2. The van der Waals surface area contributed by atoms with Gasteiger partial charge in [0.25, 0.3) is 7.82 Å². The van der Waals surface area contributed by atoms with Gasteiger partial charge in [-0.3, -0.25) is 4.57 Å². The number of hydrogen-bond acceptors (Lipinski definition) is 6. The number of quaternary nitrogens is 1. The van der Waals surface area contributed by atoms with Gasteiger partial charge in [-0.1, -0.05) is 36.4 Å². The van der Waals surface area contributed by atoms with Gasteiger partial charge in [-0.2, -0.15) is 0 Å². The Labute approximate surface area is 178 Å². The highest BCUT2D eigenvalue weighted by Gasteiger charge is 2.17. The van der Waals surface area contributed by atoms with E-state index in [-0.39, 0.29) is 24.7 Å². The molecule has 0 aliphatic carbocycles. The number of aryl methyl sites for hydroxylation is 2. The van der Waals surface area contributed by atoms with Crippen LogP contribution in [0.2, 0.25) is 0 Å². The van der Waals surface area contributed by atoms with E-state index in [0.29, 0.717) is 23.9 Å². The van der Waals surface area contributed by atoms with Crippen molar-refractivity contribution in [3.8, 4) is 11.5 Å². The lowest BCUT2D eigenvalue weighted by Gasteiger charge is -2.31. The van der Waals surface area contributed by atoms with E-state index in [9.17, 15) is 19.7 Å². The second-order valence-electron chi connectivity index (χ2n) is 8.01. The second kappa shape index (κ2) is 11.5. The van der Waals surface area contributed by atoms with E-state index in [0.717, 1.165) is 24.9 Å². The lowest BCUT2D eigenvalue weighted by atomic mass is 10.1. The molecule has 0 fully saturated rings. The van der Waals surface area contributed by atoms with Crippen LogP contribution in [0.25, 0.3) is 0 Å². The molecule has 0 spiro atoms. The molecule has 0 aliphatic heterocycles. The smallest absolute Gasteiger partial charge is 0.268 e. The van der Waals surface area contributed by atoms with Crippen LogP contribution < -0.4 is 4.89 Å². The average molecular weight is 437 g/mol. The third-order valence-corrected chi connectivity index (χ3v) is 5.91. The van der Waals surface area contributed by atoms with E-state index < -0.39 is 7.82 Å². The van der Waals surface area contributed by atoms with Gasteiger partial charge in [0.15, 0.2) is 11.5 Å². The van der Waals surface area contributed by atoms with Gasteiger partial charge in [-0.05, 0) is 42.5 Å². The molecule has 7 nitrogen and oxygen atoms in total. The Morgan fingerprint density at radius 2 is 1.53 bits per heavy atom. The summed E-state index contributed by atoms with van der Waals surface area (Å²) in [4.78, 5) is 11.9. The van der Waals surface area contributed by atoms with Crippen molar-refractivity contribution < 1.29 is 33.2 Å². The third-order valence-electron chi connectivity index (χ3n) is 4.92. The van der Waals surface area contributed by atoms with Crippen LogP contribution in [0.4, 0.5) is 0 Å². The van der Waals surface area contributed by atoms with E-state index in [4.69, 9.17) is 9.05 Å². The number of nitrogens with zero attached hydrogens (tertiary/aromatic N) is 1. The molecule has 30 heavy (non-hydrogen) atoms. The molecule has 2 aromatic rings. The van der Waals surface area contributed by atoms with Gasteiger partial charge in [0.05, 0.1) is 27.2 Å². The number of phosphoric acid groups is 1. The first kappa shape index (κ1) is 24.4. The summed E-state index contributed by atoms with van der Waals surface area (Å²) in [5.41, 5.74) is 2.08. The summed E-state index contributed by atoms with van der Waals surface area (Å²) >= 11 is 0. The number of benzene rings is 2. The Hall–Kier alpha value is -1.89. The fraction of sp³-hybridized carbons (Fsp3) is 0.455. The summed E-state index contributed by atoms with van der Waals surface area (Å²) in [5.74, 6) is -0.385. The topological polar surface area (TPSA) is 99.1 Å². The first-order valence-corrected chi connectivity index (χ1v) is 11.6. The lowest BCUT2D eigenvalue weighted by molar-refractivity contribution is -0.890. The third kappa shape index (κ3) is 9.28. The summed E-state index contributed by atoms with van der Waals surface area (Å²) in [6.07, 6.45) is 2.96. The van der Waals surface area contributed by atoms with Crippen molar-refractivity contribution in [2.45, 2.75) is 25.7 Å². The molecule has 2 N–H and O–H groups in total. The standard InChI is InChI=1S/C22H32NO6P/c1-23(2,14-6-10-19-8-4-3-5-9-19)15-17-29-30(26,27)28-16-7-11-20-12-13-21(24)22(25)18-20/h3-5,8-9,12-13,18H,6-7,10-11,14-17H2,1-2H3,(H2-,24,25,26,27). The minimum atomic E-state index is -4.34. The molecule has 2 rings (SSSR count). The number of hydrogen-bond donors (Lipinski definition) is 2. The van der Waals surface area contributed by atoms with E-state index >= 15 is 0 Å². The van der Waals surface area contributed by atoms with Gasteiger partial charge in [-0.25, -0.2) is 0 Å². The van der Waals surface area contributed by atoms with Gasteiger partial charge in [0.1, 0.15) is 13.2 Å². The number of likely N-dealkylation sites (N-methyl/N-ethyl adjacent to an activating group) is 1. The van der Waals surface area contributed by atoms with Crippen molar-refractivity contribution in [1.29, 1.82) is 0 Å². The van der Waals surface area contributed by atoms with Gasteiger partial charge < -0.3 is 28.6 Å². The molecule has 0 amide bonds. The Morgan fingerprint density at radius 3 is 2.23 bits per heavy atom. The molecule has 1 unspecified atom stereocenters. The summed E-state index contributed by atoms with van der Waals surface area (Å²) in [5, 5.41) is 18.8. The van der Waals surface area contributed by atoms with Crippen molar-refractivity contribution >= 4 is 7.82 Å². The van der Waals surface area contributed by atoms with E-state index in [1.165, 1.54) is 17.7 Å². The highest BCUT2D eigenvalue weighted by Crippen LogP contribution is 2.38. The Balaban J connectivity index is 1.62. The number of phenolic OH excluding ortho intramolecular Hbond substituents is 2. The first-order valence-electron chi connectivity index (χ1n) is 10.1. The largest absolute Gasteiger partial charge is 0.756 e. The van der Waals surface area contributed by atoms with Crippen LogP contribution in [0.15, 0.2) is 48.5 Å². The highest BCUT2D eigenvalue weighted by molar-refractivity contribution is 7.45. The van der Waals surface area contributed by atoms with E-state index in [1.54, 1.807) is 6.07 Å². The maximum absolute atomic E-state index is 11.9. The molecule has 1 atom stereocenters. The van der Waals surface area contributed by atoms with Crippen LogP contribution in [-0.4, -0.2) is 55.1 Å². The van der Waals surface area contributed by atoms with Gasteiger partial charge in [0, 0.05) is 6.42 Å². The van der Waals surface area contributed by atoms with Crippen molar-refractivity contribution in [2.75, 3.05) is 40.4 Å². The Morgan fingerprint density at radius 1 is 0.867 bits per heavy atom. The highest BCUT2D eigenvalue weighted by atomic mass is 31.2. The number of phosphoric ester groups is 1.